The molecule has 7 atom stereocenters. The lowest BCUT2D eigenvalue weighted by atomic mass is 9.89. The lowest BCUT2D eigenvalue weighted by Gasteiger charge is -2.46. The fourth-order valence-corrected chi connectivity index (χ4v) is 6.32. The van der Waals surface area contributed by atoms with Gasteiger partial charge in [0.25, 0.3) is 0 Å². The van der Waals surface area contributed by atoms with Gasteiger partial charge < -0.3 is 28.1 Å². The molecule has 9 heteroatoms. The maximum absolute atomic E-state index is 13.4. The van der Waals surface area contributed by atoms with Gasteiger partial charge in [0, 0.05) is 12.5 Å². The molecule has 8 nitrogen and oxygen atoms in total. The predicted molar refractivity (Wildman–Crippen MR) is 152 cm³/mol. The second-order valence-corrected chi connectivity index (χ2v) is 16.6. The number of hydrogen-bond acceptors (Lipinski definition) is 8. The molecule has 0 bridgehead atoms. The highest BCUT2D eigenvalue weighted by molar-refractivity contribution is 6.74. The average molecular weight is 571 g/mol. The first kappa shape index (κ1) is 30.4. The molecule has 3 unspecified atom stereocenters. The number of hydrogen-bond donors (Lipinski definition) is 0. The molecule has 2 saturated heterocycles. The number of carbonyl (C=O) groups excluding carboxylic acids is 2. The van der Waals surface area contributed by atoms with Gasteiger partial charge in [0.05, 0.1) is 19.3 Å². The Morgan fingerprint density at radius 1 is 0.925 bits per heavy atom. The van der Waals surface area contributed by atoms with Gasteiger partial charge in [-0.3, -0.25) is 9.59 Å². The summed E-state index contributed by atoms with van der Waals surface area (Å²) in [5.74, 6) is -1.89. The number of ether oxygens (including phenoxy) is 5. The van der Waals surface area contributed by atoms with Gasteiger partial charge in [0.15, 0.2) is 14.6 Å². The second kappa shape index (κ2) is 12.5. The van der Waals surface area contributed by atoms with E-state index in [1.54, 1.807) is 6.92 Å². The van der Waals surface area contributed by atoms with E-state index < -0.39 is 63.0 Å². The molecule has 0 radical (unpaired) electrons. The van der Waals surface area contributed by atoms with E-state index in [9.17, 15) is 9.59 Å². The van der Waals surface area contributed by atoms with Gasteiger partial charge in [-0.15, -0.1) is 0 Å². The molecule has 218 valence electrons. The quantitative estimate of drug-likeness (QED) is 0.293. The van der Waals surface area contributed by atoms with E-state index in [1.807, 2.05) is 60.7 Å². The zero-order chi connectivity index (χ0) is 29.1. The van der Waals surface area contributed by atoms with Crippen LogP contribution in [-0.4, -0.2) is 57.9 Å². The van der Waals surface area contributed by atoms with E-state index in [-0.39, 0.29) is 18.3 Å². The van der Waals surface area contributed by atoms with Crippen LogP contribution in [0.2, 0.25) is 18.1 Å². The third-order valence-corrected chi connectivity index (χ3v) is 12.5. The summed E-state index contributed by atoms with van der Waals surface area (Å²) in [5.41, 5.74) is 1.63. The molecule has 2 aromatic carbocycles. The zero-order valence-electron chi connectivity index (χ0n) is 24.5. The second-order valence-electron chi connectivity index (χ2n) is 11.9. The Bertz CT molecular complexity index is 1130. The van der Waals surface area contributed by atoms with Crippen LogP contribution in [0, 0.1) is 5.92 Å². The first-order valence-corrected chi connectivity index (χ1v) is 16.9. The minimum atomic E-state index is -2.29. The highest BCUT2D eigenvalue weighted by Crippen LogP contribution is 2.46. The van der Waals surface area contributed by atoms with Crippen molar-refractivity contribution in [2.24, 2.45) is 5.92 Å². The van der Waals surface area contributed by atoms with Crippen LogP contribution in [0.3, 0.4) is 0 Å². The monoisotopic (exact) mass is 570 g/mol. The molecular weight excluding hydrogens is 528 g/mol. The molecule has 0 aliphatic carbocycles. The zero-order valence-corrected chi connectivity index (χ0v) is 25.5. The van der Waals surface area contributed by atoms with Gasteiger partial charge in [0.2, 0.25) is 0 Å². The first-order chi connectivity index (χ1) is 18.9. The standard InChI is InChI=1S/C31H42O8Si/c1-8-34-29(33)24-25(21-15-11-9-12-16-21)37-28(27(24)36-20(2)32)26-23(39-40(6,7)31(3,4)5)19-35-30(38-26)22-17-13-10-14-18-22/h9-18,23-28,30H,8,19H2,1-7H3/t23-,24?,25?,26-,27?,28+,30-/m1/s1. The predicted octanol–water partition coefficient (Wildman–Crippen LogP) is 5.74. The van der Waals surface area contributed by atoms with Crippen molar-refractivity contribution in [1.29, 1.82) is 0 Å². The van der Waals surface area contributed by atoms with Gasteiger partial charge in [-0.1, -0.05) is 81.4 Å². The Morgan fingerprint density at radius 2 is 1.52 bits per heavy atom. The molecule has 0 aromatic heterocycles. The Labute approximate surface area is 238 Å². The van der Waals surface area contributed by atoms with Crippen molar-refractivity contribution in [1.82, 2.24) is 0 Å². The summed E-state index contributed by atoms with van der Waals surface area (Å²) in [6.45, 7) is 14.4. The summed E-state index contributed by atoms with van der Waals surface area (Å²) >= 11 is 0. The lowest BCUT2D eigenvalue weighted by Crippen LogP contribution is -2.57. The minimum Gasteiger partial charge on any atom is -0.466 e. The van der Waals surface area contributed by atoms with Crippen LogP contribution in [0.15, 0.2) is 60.7 Å². The number of rotatable bonds is 8. The molecule has 0 amide bonds. The van der Waals surface area contributed by atoms with E-state index in [4.69, 9.17) is 28.1 Å². The molecular formula is C31H42O8Si. The van der Waals surface area contributed by atoms with E-state index in [2.05, 4.69) is 33.9 Å². The largest absolute Gasteiger partial charge is 0.466 e. The number of benzene rings is 2. The topological polar surface area (TPSA) is 89.5 Å². The van der Waals surface area contributed by atoms with Crippen molar-refractivity contribution in [2.75, 3.05) is 13.2 Å². The third-order valence-electron chi connectivity index (χ3n) is 8.00. The fraction of sp³-hybridized carbons (Fsp3) is 0.548. The summed E-state index contributed by atoms with van der Waals surface area (Å²) in [6, 6.07) is 19.1. The van der Waals surface area contributed by atoms with Crippen molar-refractivity contribution < 1.29 is 37.7 Å². The van der Waals surface area contributed by atoms with Crippen LogP contribution in [0.5, 0.6) is 0 Å². The molecule has 2 aliphatic heterocycles. The number of esters is 2. The van der Waals surface area contributed by atoms with E-state index in [0.717, 1.165) is 11.1 Å². The number of carbonyl (C=O) groups is 2. The third kappa shape index (κ3) is 6.66. The summed E-state index contributed by atoms with van der Waals surface area (Å²) in [5, 5.41) is -0.0698. The van der Waals surface area contributed by atoms with Crippen LogP contribution in [0.4, 0.5) is 0 Å². The minimum absolute atomic E-state index is 0.0698. The lowest BCUT2D eigenvalue weighted by molar-refractivity contribution is -0.281. The molecule has 2 heterocycles. The highest BCUT2D eigenvalue weighted by Gasteiger charge is 2.58. The van der Waals surface area contributed by atoms with Crippen molar-refractivity contribution in [3.63, 3.8) is 0 Å². The molecule has 2 fully saturated rings. The van der Waals surface area contributed by atoms with Crippen molar-refractivity contribution in [3.05, 3.63) is 71.8 Å². The van der Waals surface area contributed by atoms with Crippen molar-refractivity contribution in [2.45, 2.75) is 89.6 Å². The van der Waals surface area contributed by atoms with Gasteiger partial charge in [-0.2, -0.15) is 0 Å². The normalized spacial score (nSPS) is 29.1. The molecule has 40 heavy (non-hydrogen) atoms. The van der Waals surface area contributed by atoms with E-state index in [0.29, 0.717) is 0 Å². The van der Waals surface area contributed by atoms with Crippen molar-refractivity contribution >= 4 is 20.3 Å². The van der Waals surface area contributed by atoms with Crippen LogP contribution in [0.1, 0.15) is 58.1 Å². The highest BCUT2D eigenvalue weighted by atomic mass is 28.4. The maximum atomic E-state index is 13.4. The molecule has 2 aromatic rings. The fourth-order valence-electron chi connectivity index (χ4n) is 5.01. The van der Waals surface area contributed by atoms with Gasteiger partial charge in [-0.05, 0) is 30.6 Å². The van der Waals surface area contributed by atoms with Gasteiger partial charge in [-0.25, -0.2) is 0 Å². The Balaban J connectivity index is 1.77. The summed E-state index contributed by atoms with van der Waals surface area (Å²) < 4.78 is 37.7. The maximum Gasteiger partial charge on any atom is 0.315 e. The van der Waals surface area contributed by atoms with Crippen LogP contribution < -0.4 is 0 Å². The molecule has 0 N–H and O–H groups in total. The molecule has 0 saturated carbocycles. The molecule has 2 aliphatic rings. The summed E-state index contributed by atoms with van der Waals surface area (Å²) in [6.07, 6.45) is -4.35. The molecule has 4 rings (SSSR count). The Morgan fingerprint density at radius 3 is 2.08 bits per heavy atom. The van der Waals surface area contributed by atoms with E-state index in [1.165, 1.54) is 6.92 Å². The SMILES string of the molecule is CCOC(=O)C1C(c2ccccc2)O[C@@H]([C@@H]2O[C@H](c3ccccc3)OC[C@H]2O[Si](C)(C)C(C)(C)C)C1OC(C)=O. The van der Waals surface area contributed by atoms with Crippen LogP contribution in [0.25, 0.3) is 0 Å². The van der Waals surface area contributed by atoms with Gasteiger partial charge in [0.1, 0.15) is 30.3 Å². The van der Waals surface area contributed by atoms with E-state index >= 15 is 0 Å². The first-order valence-electron chi connectivity index (χ1n) is 14.0. The summed E-state index contributed by atoms with van der Waals surface area (Å²) in [4.78, 5) is 25.8. The Kier molecular flexibility index (Phi) is 9.52. The van der Waals surface area contributed by atoms with Crippen LogP contribution in [-0.2, 0) is 37.7 Å². The average Bonchev–Trinajstić information content (AvgIpc) is 3.27. The van der Waals surface area contributed by atoms with Gasteiger partial charge >= 0.3 is 11.9 Å². The van der Waals surface area contributed by atoms with Crippen LogP contribution >= 0.6 is 0 Å². The summed E-state index contributed by atoms with van der Waals surface area (Å²) in [7, 11) is -2.29. The smallest absolute Gasteiger partial charge is 0.315 e. The Hall–Kier alpha value is -2.56. The van der Waals surface area contributed by atoms with Crippen molar-refractivity contribution in [3.8, 4) is 0 Å². The molecule has 0 spiro atoms.